The number of carbonyl (C=O) groups excluding carboxylic acids is 1. The van der Waals surface area contributed by atoms with Gasteiger partial charge in [-0.05, 0) is 51.2 Å². The van der Waals surface area contributed by atoms with Crippen LogP contribution in [0, 0.1) is 11.6 Å². The summed E-state index contributed by atoms with van der Waals surface area (Å²) in [5, 5.41) is 5.05. The number of halogens is 2. The summed E-state index contributed by atoms with van der Waals surface area (Å²) in [5.74, 6) is -2.57. The smallest absolute Gasteiger partial charge is 0.201 e. The lowest BCUT2D eigenvalue weighted by Gasteiger charge is -2.28. The molecule has 34 heavy (non-hydrogen) atoms. The Kier molecular flexibility index (Phi) is 6.09. The second-order valence-corrected chi connectivity index (χ2v) is 9.10. The molecule has 0 unspecified atom stereocenters. The molecule has 10 heteroatoms. The second kappa shape index (κ2) is 9.19. The van der Waals surface area contributed by atoms with Gasteiger partial charge in [0.2, 0.25) is 5.78 Å². The van der Waals surface area contributed by atoms with Crippen molar-refractivity contribution in [3.8, 4) is 11.1 Å². The fraction of sp³-hybridized carbons (Fsp3) is 0.292. The summed E-state index contributed by atoms with van der Waals surface area (Å²) in [6.07, 6.45) is 10.7. The fourth-order valence-electron chi connectivity index (χ4n) is 4.38. The van der Waals surface area contributed by atoms with Crippen LogP contribution in [0.5, 0.6) is 0 Å². The van der Waals surface area contributed by atoms with E-state index in [1.807, 2.05) is 16.9 Å². The number of hydrogen-bond donors (Lipinski definition) is 2. The maximum atomic E-state index is 14.9. The average Bonchev–Trinajstić information content (AvgIpc) is 3.49. The zero-order chi connectivity index (χ0) is 23.8. The molecule has 4 aromatic rings. The van der Waals surface area contributed by atoms with Crippen molar-refractivity contribution in [1.82, 2.24) is 24.6 Å². The van der Waals surface area contributed by atoms with Crippen molar-refractivity contribution < 1.29 is 13.6 Å². The molecule has 1 saturated heterocycles. The fourth-order valence-corrected chi connectivity index (χ4v) is 4.76. The highest BCUT2D eigenvalue weighted by atomic mass is 32.2. The Morgan fingerprint density at radius 3 is 2.76 bits per heavy atom. The molecule has 2 N–H and O–H groups in total. The Morgan fingerprint density at radius 2 is 2.00 bits per heavy atom. The van der Waals surface area contributed by atoms with Gasteiger partial charge in [-0.2, -0.15) is 5.10 Å². The number of H-pyrrole nitrogens is 1. The topological polar surface area (TPSA) is 78.8 Å². The van der Waals surface area contributed by atoms with E-state index < -0.39 is 23.0 Å². The minimum Gasteiger partial charge on any atom is -0.345 e. The third-order valence-electron chi connectivity index (χ3n) is 6.30. The van der Waals surface area contributed by atoms with E-state index in [0.29, 0.717) is 17.1 Å². The summed E-state index contributed by atoms with van der Waals surface area (Å²) in [6.45, 7) is 2.06. The van der Waals surface area contributed by atoms with Crippen LogP contribution in [0.1, 0.15) is 34.8 Å². The number of fused-ring (bicyclic) bond motifs is 1. The zero-order valence-corrected chi connectivity index (χ0v) is 19.6. The normalized spacial score (nSPS) is 15.2. The Hall–Kier alpha value is -3.24. The van der Waals surface area contributed by atoms with E-state index >= 15 is 0 Å². The first kappa shape index (κ1) is 22.5. The zero-order valence-electron chi connectivity index (χ0n) is 18.8. The lowest BCUT2D eigenvalue weighted by atomic mass is 10.0. The van der Waals surface area contributed by atoms with E-state index in [2.05, 4.69) is 31.7 Å². The lowest BCUT2D eigenvalue weighted by Crippen LogP contribution is -2.31. The molecule has 0 amide bonds. The van der Waals surface area contributed by atoms with Gasteiger partial charge >= 0.3 is 0 Å². The molecule has 3 aromatic heterocycles. The predicted molar refractivity (Wildman–Crippen MR) is 130 cm³/mol. The number of rotatable bonds is 6. The summed E-state index contributed by atoms with van der Waals surface area (Å²) in [7, 11) is 2.12. The number of piperidine rings is 1. The number of aromatic amines is 1. The van der Waals surface area contributed by atoms with Gasteiger partial charge in [0.25, 0.3) is 0 Å². The Morgan fingerprint density at radius 1 is 1.21 bits per heavy atom. The number of pyridine rings is 1. The molecule has 5 rings (SSSR count). The van der Waals surface area contributed by atoms with E-state index in [-0.39, 0.29) is 11.3 Å². The molecule has 176 valence electrons. The summed E-state index contributed by atoms with van der Waals surface area (Å²) in [6, 6.07) is 4.51. The molecule has 0 saturated carbocycles. The van der Waals surface area contributed by atoms with Gasteiger partial charge in [-0.15, -0.1) is 0 Å². The molecule has 1 aliphatic heterocycles. The molecule has 7 nitrogen and oxygen atoms in total. The quantitative estimate of drug-likeness (QED) is 0.301. The van der Waals surface area contributed by atoms with Crippen molar-refractivity contribution in [2.75, 3.05) is 31.1 Å². The van der Waals surface area contributed by atoms with E-state index in [4.69, 9.17) is 0 Å². The number of nitrogens with one attached hydrogen (secondary N) is 2. The van der Waals surface area contributed by atoms with E-state index in [9.17, 15) is 13.6 Å². The van der Waals surface area contributed by atoms with Gasteiger partial charge in [0.05, 0.1) is 23.5 Å². The molecule has 0 atom stereocenters. The SMILES string of the molecule is CSNc1ccc(F)c(C(=O)c2c[nH]c3ncc(-c4cnn(C5CCN(C)CC5)c4)cc23)c1F. The van der Waals surface area contributed by atoms with Crippen molar-refractivity contribution in [1.29, 1.82) is 0 Å². The molecule has 1 aliphatic rings. The van der Waals surface area contributed by atoms with Crippen molar-refractivity contribution in [2.24, 2.45) is 0 Å². The largest absolute Gasteiger partial charge is 0.345 e. The number of hydrogen-bond acceptors (Lipinski definition) is 6. The number of benzene rings is 1. The van der Waals surface area contributed by atoms with Gasteiger partial charge in [0.1, 0.15) is 11.5 Å². The minimum absolute atomic E-state index is 0.0530. The highest BCUT2D eigenvalue weighted by Gasteiger charge is 2.25. The van der Waals surface area contributed by atoms with Gasteiger partial charge in [-0.3, -0.25) is 9.48 Å². The number of carbonyl (C=O) groups is 1. The van der Waals surface area contributed by atoms with Crippen LogP contribution in [0.25, 0.3) is 22.2 Å². The Labute approximate surface area is 199 Å². The lowest BCUT2D eigenvalue weighted by molar-refractivity contribution is 0.103. The standard InChI is InChI=1S/C24H24F2N6OS/c1-31-7-5-16(6-8-31)32-13-15(11-29-32)14-9-17-18(12-28-24(17)27-10-14)23(33)21-19(25)3-4-20(22(21)26)30-34-2/h3-4,9-13,16,30H,5-8H2,1-2H3,(H,27,28). The average molecular weight is 483 g/mol. The summed E-state index contributed by atoms with van der Waals surface area (Å²) < 4.78 is 34.2. The maximum Gasteiger partial charge on any atom is 0.201 e. The van der Waals surface area contributed by atoms with Crippen molar-refractivity contribution in [3.63, 3.8) is 0 Å². The molecule has 0 bridgehead atoms. The molecular formula is C24H24F2N6OS. The first-order valence-corrected chi connectivity index (χ1v) is 12.2. The van der Waals surface area contributed by atoms with Crippen LogP contribution in [0.4, 0.5) is 14.5 Å². The summed E-state index contributed by atoms with van der Waals surface area (Å²) >= 11 is 1.16. The minimum atomic E-state index is -0.919. The van der Waals surface area contributed by atoms with Crippen molar-refractivity contribution >= 4 is 34.5 Å². The monoisotopic (exact) mass is 482 g/mol. The first-order valence-electron chi connectivity index (χ1n) is 11.0. The third kappa shape index (κ3) is 4.07. The van der Waals surface area contributed by atoms with Crippen LogP contribution >= 0.6 is 11.9 Å². The number of aromatic nitrogens is 4. The summed E-state index contributed by atoms with van der Waals surface area (Å²) in [4.78, 5) is 22.9. The highest BCUT2D eigenvalue weighted by molar-refractivity contribution is 7.99. The second-order valence-electron chi connectivity index (χ2n) is 8.49. The van der Waals surface area contributed by atoms with E-state index in [0.717, 1.165) is 55.1 Å². The molecule has 0 spiro atoms. The molecule has 0 radical (unpaired) electrons. The molecule has 0 aliphatic carbocycles. The first-order chi connectivity index (χ1) is 16.5. The third-order valence-corrected chi connectivity index (χ3v) is 6.73. The van der Waals surface area contributed by atoms with Crippen molar-refractivity contribution in [3.05, 3.63) is 65.7 Å². The van der Waals surface area contributed by atoms with Gasteiger partial charge in [-0.25, -0.2) is 13.8 Å². The van der Waals surface area contributed by atoms with Gasteiger partial charge in [0, 0.05) is 46.9 Å². The molecular weight excluding hydrogens is 458 g/mol. The number of ketones is 1. The molecule has 4 heterocycles. The van der Waals surface area contributed by atoms with Crippen LogP contribution < -0.4 is 4.72 Å². The van der Waals surface area contributed by atoms with Crippen LogP contribution in [-0.2, 0) is 0 Å². The number of likely N-dealkylation sites (tertiary alicyclic amines) is 1. The maximum absolute atomic E-state index is 14.9. The van der Waals surface area contributed by atoms with E-state index in [1.165, 1.54) is 12.3 Å². The van der Waals surface area contributed by atoms with Gasteiger partial charge in [-0.1, -0.05) is 11.9 Å². The van der Waals surface area contributed by atoms with Crippen LogP contribution in [-0.4, -0.2) is 56.8 Å². The van der Waals surface area contributed by atoms with E-state index in [1.54, 1.807) is 18.6 Å². The van der Waals surface area contributed by atoms with Gasteiger partial charge in [0.15, 0.2) is 5.82 Å². The Balaban J connectivity index is 1.49. The number of nitrogens with zero attached hydrogens (tertiary/aromatic N) is 4. The van der Waals surface area contributed by atoms with Crippen LogP contribution in [0.15, 0.2) is 43.0 Å². The van der Waals surface area contributed by atoms with Crippen molar-refractivity contribution in [2.45, 2.75) is 18.9 Å². The molecule has 1 aromatic carbocycles. The molecule has 1 fully saturated rings. The van der Waals surface area contributed by atoms with Gasteiger partial charge < -0.3 is 14.6 Å². The van der Waals surface area contributed by atoms with Crippen LogP contribution in [0.2, 0.25) is 0 Å². The summed E-state index contributed by atoms with van der Waals surface area (Å²) in [5.41, 5.74) is 1.73. The Bertz CT molecular complexity index is 1360. The number of anilines is 1. The predicted octanol–water partition coefficient (Wildman–Crippen LogP) is 4.89. The van der Waals surface area contributed by atoms with Crippen LogP contribution in [0.3, 0.4) is 0 Å². The highest BCUT2D eigenvalue weighted by Crippen LogP contribution is 2.30.